The first kappa shape index (κ1) is 21.8. The summed E-state index contributed by atoms with van der Waals surface area (Å²) in [5.41, 5.74) is 2.06. The zero-order valence-corrected chi connectivity index (χ0v) is 19.7. The number of likely N-dealkylation sites (tertiary alicyclic amines) is 1. The molecule has 2 aromatic heterocycles. The summed E-state index contributed by atoms with van der Waals surface area (Å²) in [6.45, 7) is 4.82. The van der Waals surface area contributed by atoms with Crippen LogP contribution in [-0.2, 0) is 18.4 Å². The molecule has 3 aromatic rings. The predicted octanol–water partition coefficient (Wildman–Crippen LogP) is 4.43. The van der Waals surface area contributed by atoms with E-state index in [-0.39, 0.29) is 5.91 Å². The second kappa shape index (κ2) is 9.82. The van der Waals surface area contributed by atoms with Crippen molar-refractivity contribution in [2.45, 2.75) is 56.9 Å². The number of rotatable bonds is 7. The molecule has 4 rings (SSSR count). The number of carbonyl (C=O) groups excluding carboxylic acids is 1. The smallest absolute Gasteiger partial charge is 0.233 e. The molecule has 0 saturated carbocycles. The van der Waals surface area contributed by atoms with Crippen LogP contribution >= 0.6 is 23.1 Å². The molecule has 1 saturated heterocycles. The third kappa shape index (κ3) is 5.10. The van der Waals surface area contributed by atoms with E-state index in [1.54, 1.807) is 11.3 Å². The number of thioether (sulfide) groups is 1. The molecule has 1 aliphatic heterocycles. The molecule has 0 radical (unpaired) electrons. The number of amides is 1. The van der Waals surface area contributed by atoms with Gasteiger partial charge in [0.2, 0.25) is 5.91 Å². The van der Waals surface area contributed by atoms with Gasteiger partial charge in [-0.3, -0.25) is 4.79 Å². The number of nitrogens with one attached hydrogen (secondary N) is 1. The third-order valence-corrected chi connectivity index (χ3v) is 7.51. The van der Waals surface area contributed by atoms with Gasteiger partial charge >= 0.3 is 0 Å². The van der Waals surface area contributed by atoms with Crippen LogP contribution in [-0.4, -0.2) is 48.4 Å². The standard InChI is InChI=1S/C22H28N6OS2/c1-15-8-7-9-16(2)28(15)20(29)14-31-22-26-25-19(27(22)3)12-23-21-24-18(13-30-21)17-10-5-4-6-11-17/h4-6,10-11,13,15-16H,7-9,12,14H2,1-3H3,(H,23,24)/t15-,16-/m1/s1. The maximum atomic E-state index is 12.8. The third-order valence-electron chi connectivity index (χ3n) is 5.70. The molecule has 1 N–H and O–H groups in total. The summed E-state index contributed by atoms with van der Waals surface area (Å²) in [5.74, 6) is 1.38. The minimum Gasteiger partial charge on any atom is -0.354 e. The van der Waals surface area contributed by atoms with E-state index in [4.69, 9.17) is 0 Å². The summed E-state index contributed by atoms with van der Waals surface area (Å²) in [4.78, 5) is 19.5. The first-order chi connectivity index (χ1) is 15.0. The predicted molar refractivity (Wildman–Crippen MR) is 126 cm³/mol. The Morgan fingerprint density at radius 1 is 1.19 bits per heavy atom. The van der Waals surface area contributed by atoms with Crippen LogP contribution in [0, 0.1) is 0 Å². The molecule has 1 fully saturated rings. The van der Waals surface area contributed by atoms with Gasteiger partial charge in [-0.2, -0.15) is 0 Å². The van der Waals surface area contributed by atoms with E-state index in [0.29, 0.717) is 24.4 Å². The molecule has 1 aliphatic rings. The molecule has 3 heterocycles. The Morgan fingerprint density at radius 2 is 1.94 bits per heavy atom. The van der Waals surface area contributed by atoms with E-state index in [1.807, 2.05) is 40.1 Å². The molecule has 9 heteroatoms. The fraction of sp³-hybridized carbons (Fsp3) is 0.455. The topological polar surface area (TPSA) is 75.9 Å². The van der Waals surface area contributed by atoms with Crippen molar-refractivity contribution in [1.29, 1.82) is 0 Å². The summed E-state index contributed by atoms with van der Waals surface area (Å²) >= 11 is 3.03. The summed E-state index contributed by atoms with van der Waals surface area (Å²) in [6, 6.07) is 10.8. The normalized spacial score (nSPS) is 18.9. The average molecular weight is 457 g/mol. The van der Waals surface area contributed by atoms with Gasteiger partial charge in [0.05, 0.1) is 18.0 Å². The number of carbonyl (C=O) groups is 1. The lowest BCUT2D eigenvalue weighted by atomic mass is 9.98. The number of piperidine rings is 1. The molecule has 7 nitrogen and oxygen atoms in total. The van der Waals surface area contributed by atoms with Crippen molar-refractivity contribution in [2.24, 2.45) is 7.05 Å². The second-order valence-electron chi connectivity index (χ2n) is 7.93. The van der Waals surface area contributed by atoms with Crippen molar-refractivity contribution < 1.29 is 4.79 Å². The molecule has 31 heavy (non-hydrogen) atoms. The molecule has 0 spiro atoms. The minimum absolute atomic E-state index is 0.184. The number of aromatic nitrogens is 4. The van der Waals surface area contributed by atoms with Crippen LogP contribution in [0.5, 0.6) is 0 Å². The van der Waals surface area contributed by atoms with E-state index < -0.39 is 0 Å². The van der Waals surface area contributed by atoms with Crippen LogP contribution in [0.3, 0.4) is 0 Å². The van der Waals surface area contributed by atoms with Crippen molar-refractivity contribution in [3.8, 4) is 11.3 Å². The molecular weight excluding hydrogens is 428 g/mol. The highest BCUT2D eigenvalue weighted by Gasteiger charge is 2.29. The van der Waals surface area contributed by atoms with E-state index >= 15 is 0 Å². The van der Waals surface area contributed by atoms with Crippen LogP contribution in [0.1, 0.15) is 38.9 Å². The Balaban J connectivity index is 1.32. The monoisotopic (exact) mass is 456 g/mol. The largest absolute Gasteiger partial charge is 0.354 e. The van der Waals surface area contributed by atoms with Crippen molar-refractivity contribution in [1.82, 2.24) is 24.6 Å². The molecule has 1 aromatic carbocycles. The molecule has 1 amide bonds. The van der Waals surface area contributed by atoms with Crippen molar-refractivity contribution in [3.05, 3.63) is 41.5 Å². The number of anilines is 1. The summed E-state index contributed by atoms with van der Waals surface area (Å²) < 4.78 is 1.94. The fourth-order valence-electron chi connectivity index (χ4n) is 3.99. The highest BCUT2D eigenvalue weighted by Crippen LogP contribution is 2.26. The van der Waals surface area contributed by atoms with Crippen LogP contribution < -0.4 is 5.32 Å². The second-order valence-corrected chi connectivity index (χ2v) is 9.73. The lowest BCUT2D eigenvalue weighted by molar-refractivity contribution is -0.134. The molecule has 164 valence electrons. The van der Waals surface area contributed by atoms with E-state index in [0.717, 1.165) is 40.2 Å². The van der Waals surface area contributed by atoms with Gasteiger partial charge in [-0.15, -0.1) is 21.5 Å². The molecule has 0 bridgehead atoms. The van der Waals surface area contributed by atoms with Gasteiger partial charge in [-0.25, -0.2) is 4.98 Å². The maximum absolute atomic E-state index is 12.8. The lowest BCUT2D eigenvalue weighted by Gasteiger charge is -2.39. The lowest BCUT2D eigenvalue weighted by Crippen LogP contribution is -2.48. The van der Waals surface area contributed by atoms with Crippen molar-refractivity contribution >= 4 is 34.1 Å². The maximum Gasteiger partial charge on any atom is 0.233 e. The SMILES string of the molecule is C[C@@H]1CCC[C@@H](C)N1C(=O)CSc1nnc(CNc2nc(-c3ccccc3)cs2)n1C. The molecule has 0 aliphatic carbocycles. The average Bonchev–Trinajstić information content (AvgIpc) is 3.38. The Morgan fingerprint density at radius 3 is 2.68 bits per heavy atom. The van der Waals surface area contributed by atoms with Crippen LogP contribution in [0.25, 0.3) is 11.3 Å². The first-order valence-electron chi connectivity index (χ1n) is 10.6. The van der Waals surface area contributed by atoms with Gasteiger partial charge in [0, 0.05) is 30.1 Å². The Hall–Kier alpha value is -2.39. The number of hydrogen-bond acceptors (Lipinski definition) is 7. The Kier molecular flexibility index (Phi) is 6.92. The molecule has 0 unspecified atom stereocenters. The summed E-state index contributed by atoms with van der Waals surface area (Å²) in [6.07, 6.45) is 3.37. The van der Waals surface area contributed by atoms with Gasteiger partial charge in [-0.1, -0.05) is 42.1 Å². The van der Waals surface area contributed by atoms with Gasteiger partial charge in [0.25, 0.3) is 0 Å². The zero-order chi connectivity index (χ0) is 21.8. The summed E-state index contributed by atoms with van der Waals surface area (Å²) in [7, 11) is 1.94. The van der Waals surface area contributed by atoms with Gasteiger partial charge in [0.15, 0.2) is 16.1 Å². The number of hydrogen-bond donors (Lipinski definition) is 1. The van der Waals surface area contributed by atoms with Gasteiger partial charge in [0.1, 0.15) is 0 Å². The van der Waals surface area contributed by atoms with E-state index in [2.05, 4.69) is 46.5 Å². The molecular formula is C22H28N6OS2. The number of nitrogens with zero attached hydrogens (tertiary/aromatic N) is 5. The van der Waals surface area contributed by atoms with Gasteiger partial charge < -0.3 is 14.8 Å². The van der Waals surface area contributed by atoms with Crippen LogP contribution in [0.4, 0.5) is 5.13 Å². The van der Waals surface area contributed by atoms with E-state index in [9.17, 15) is 4.79 Å². The Labute approximate surface area is 191 Å². The molecule has 2 atom stereocenters. The highest BCUT2D eigenvalue weighted by molar-refractivity contribution is 7.99. The number of thiazole rings is 1. The van der Waals surface area contributed by atoms with E-state index in [1.165, 1.54) is 18.2 Å². The minimum atomic E-state index is 0.184. The fourth-order valence-corrected chi connectivity index (χ4v) is 5.51. The quantitative estimate of drug-likeness (QED) is 0.530. The first-order valence-corrected chi connectivity index (χ1v) is 12.5. The van der Waals surface area contributed by atoms with Crippen molar-refractivity contribution in [3.63, 3.8) is 0 Å². The van der Waals surface area contributed by atoms with Crippen molar-refractivity contribution in [2.75, 3.05) is 11.1 Å². The van der Waals surface area contributed by atoms with Crippen LogP contribution in [0.15, 0.2) is 40.9 Å². The zero-order valence-electron chi connectivity index (χ0n) is 18.1. The van der Waals surface area contributed by atoms with Gasteiger partial charge in [-0.05, 0) is 33.1 Å². The highest BCUT2D eigenvalue weighted by atomic mass is 32.2. The number of benzene rings is 1. The van der Waals surface area contributed by atoms with Crippen LogP contribution in [0.2, 0.25) is 0 Å². The summed E-state index contributed by atoms with van der Waals surface area (Å²) in [5, 5.41) is 15.6. The Bertz CT molecular complexity index is 1010.